The molecule has 10 heteroatoms. The number of para-hydroxylation sites is 1. The number of aryl methyl sites for hydroxylation is 2. The number of benzene rings is 1. The fraction of sp³-hybridized carbons (Fsp3) is 0.263. The van der Waals surface area contributed by atoms with Gasteiger partial charge in [0.25, 0.3) is 18.8 Å². The highest BCUT2D eigenvalue weighted by molar-refractivity contribution is 6.32. The van der Waals surface area contributed by atoms with Gasteiger partial charge in [0, 0.05) is 5.69 Å². The average molecular weight is 430 g/mol. The van der Waals surface area contributed by atoms with E-state index < -0.39 is 35.2 Å². The van der Waals surface area contributed by atoms with Crippen molar-refractivity contribution in [1.82, 2.24) is 9.78 Å². The summed E-state index contributed by atoms with van der Waals surface area (Å²) in [6.45, 7) is 3.29. The Morgan fingerprint density at radius 1 is 1.14 bits per heavy atom. The third-order valence-electron chi connectivity index (χ3n) is 4.28. The van der Waals surface area contributed by atoms with Gasteiger partial charge in [-0.25, -0.2) is 17.6 Å². The molecule has 1 aromatic carbocycles. The summed E-state index contributed by atoms with van der Waals surface area (Å²) >= 11 is 5.62. The molecule has 5 nitrogen and oxygen atoms in total. The smallest absolute Gasteiger partial charge is 0.291 e. The topological polar surface area (TPSA) is 60.1 Å². The van der Waals surface area contributed by atoms with Crippen LogP contribution in [0.1, 0.15) is 51.7 Å². The number of anilines is 1. The lowest BCUT2D eigenvalue weighted by Crippen LogP contribution is -2.13. The summed E-state index contributed by atoms with van der Waals surface area (Å²) in [4.78, 5) is 12.4. The first kappa shape index (κ1) is 20.9. The third-order valence-corrected chi connectivity index (χ3v) is 4.67. The quantitative estimate of drug-likeness (QED) is 0.494. The Bertz CT molecular complexity index is 1030. The van der Waals surface area contributed by atoms with Gasteiger partial charge in [-0.15, -0.1) is 0 Å². The van der Waals surface area contributed by atoms with Crippen molar-refractivity contribution in [3.8, 4) is 0 Å². The predicted molar refractivity (Wildman–Crippen MR) is 98.8 cm³/mol. The van der Waals surface area contributed by atoms with Crippen LogP contribution in [-0.2, 0) is 6.54 Å². The lowest BCUT2D eigenvalue weighted by molar-refractivity contribution is 0.0993. The van der Waals surface area contributed by atoms with Crippen molar-refractivity contribution in [2.75, 3.05) is 5.32 Å². The third kappa shape index (κ3) is 4.29. The Morgan fingerprint density at radius 3 is 2.38 bits per heavy atom. The largest absolute Gasteiger partial charge is 0.454 e. The minimum atomic E-state index is -3.11. The van der Waals surface area contributed by atoms with Crippen LogP contribution in [0.4, 0.5) is 23.2 Å². The summed E-state index contributed by atoms with van der Waals surface area (Å²) < 4.78 is 58.4. The molecule has 3 aromatic rings. The normalized spacial score (nSPS) is 11.5. The summed E-state index contributed by atoms with van der Waals surface area (Å²) in [6.07, 6.45) is -6.21. The van der Waals surface area contributed by atoms with Crippen LogP contribution >= 0.6 is 11.6 Å². The lowest BCUT2D eigenvalue weighted by atomic mass is 10.1. The first-order valence-corrected chi connectivity index (χ1v) is 8.85. The standard InChI is InChI=1S/C19H16ClF4N3O2/c1-9-4-3-5-10(2)14(9)25-19(28)12-7-6-11(29-12)8-27-16(18(23)24)13(20)15(26-27)17(21)22/h3-7,17-18H,8H2,1-2H3,(H,25,28). The number of hydrogen-bond acceptors (Lipinski definition) is 3. The Balaban J connectivity index is 1.82. The number of nitrogens with zero attached hydrogens (tertiary/aromatic N) is 2. The van der Waals surface area contributed by atoms with E-state index >= 15 is 0 Å². The highest BCUT2D eigenvalue weighted by atomic mass is 35.5. The Hall–Kier alpha value is -2.81. The molecule has 3 rings (SSSR count). The molecular weight excluding hydrogens is 414 g/mol. The molecule has 0 radical (unpaired) electrons. The number of amides is 1. The van der Waals surface area contributed by atoms with Crippen molar-refractivity contribution in [3.63, 3.8) is 0 Å². The second-order valence-electron chi connectivity index (χ2n) is 6.33. The second kappa shape index (κ2) is 8.28. The number of alkyl halides is 4. The van der Waals surface area contributed by atoms with Crippen molar-refractivity contribution in [3.05, 3.63) is 69.4 Å². The SMILES string of the molecule is Cc1cccc(C)c1NC(=O)c1ccc(Cn2nc(C(F)F)c(Cl)c2C(F)F)o1. The van der Waals surface area contributed by atoms with Crippen LogP contribution in [0, 0.1) is 13.8 Å². The molecule has 0 fully saturated rings. The van der Waals surface area contributed by atoms with E-state index in [1.54, 1.807) is 0 Å². The van der Waals surface area contributed by atoms with Crippen LogP contribution in [0.5, 0.6) is 0 Å². The van der Waals surface area contributed by atoms with Crippen LogP contribution in [0.3, 0.4) is 0 Å². The van der Waals surface area contributed by atoms with Gasteiger partial charge in [0.05, 0.1) is 11.6 Å². The second-order valence-corrected chi connectivity index (χ2v) is 6.71. The van der Waals surface area contributed by atoms with Crippen LogP contribution < -0.4 is 5.32 Å². The van der Waals surface area contributed by atoms with Crippen molar-refractivity contribution < 1.29 is 26.8 Å². The monoisotopic (exact) mass is 429 g/mol. The Kier molecular flexibility index (Phi) is 5.97. The highest BCUT2D eigenvalue weighted by Gasteiger charge is 2.28. The number of carbonyl (C=O) groups excluding carboxylic acids is 1. The van der Waals surface area contributed by atoms with Crippen LogP contribution in [0.15, 0.2) is 34.7 Å². The van der Waals surface area contributed by atoms with Crippen LogP contribution in [0.2, 0.25) is 5.02 Å². The molecule has 0 aliphatic carbocycles. The van der Waals surface area contributed by atoms with E-state index in [0.29, 0.717) is 10.4 Å². The zero-order chi connectivity index (χ0) is 21.3. The molecule has 154 valence electrons. The minimum Gasteiger partial charge on any atom is -0.454 e. The molecule has 0 spiro atoms. The first-order chi connectivity index (χ1) is 13.7. The predicted octanol–water partition coefficient (Wildman–Crippen LogP) is 5.92. The van der Waals surface area contributed by atoms with Crippen LogP contribution in [0.25, 0.3) is 0 Å². The zero-order valence-electron chi connectivity index (χ0n) is 15.3. The van der Waals surface area contributed by atoms with Gasteiger partial charge >= 0.3 is 0 Å². The van der Waals surface area contributed by atoms with Crippen molar-refractivity contribution in [2.24, 2.45) is 0 Å². The number of aromatic nitrogens is 2. The number of rotatable bonds is 6. The maximum Gasteiger partial charge on any atom is 0.291 e. The van der Waals surface area contributed by atoms with Gasteiger partial charge in [0.15, 0.2) is 5.76 Å². The van der Waals surface area contributed by atoms with Gasteiger partial charge in [-0.1, -0.05) is 29.8 Å². The van der Waals surface area contributed by atoms with E-state index in [-0.39, 0.29) is 18.1 Å². The van der Waals surface area contributed by atoms with Gasteiger partial charge in [-0.3, -0.25) is 9.48 Å². The maximum atomic E-state index is 13.2. The van der Waals surface area contributed by atoms with Gasteiger partial charge in [0.1, 0.15) is 17.1 Å². The Morgan fingerprint density at radius 2 is 1.79 bits per heavy atom. The molecular formula is C19H16ClF4N3O2. The number of furan rings is 1. The van der Waals surface area contributed by atoms with Gasteiger partial charge in [-0.2, -0.15) is 5.10 Å². The average Bonchev–Trinajstić information content (AvgIpc) is 3.23. The highest BCUT2D eigenvalue weighted by Crippen LogP contribution is 2.35. The molecule has 0 aliphatic rings. The summed E-state index contributed by atoms with van der Waals surface area (Å²) in [5.41, 5.74) is 0.590. The minimum absolute atomic E-state index is 0.0615. The number of halogens is 5. The number of hydrogen-bond donors (Lipinski definition) is 1. The molecule has 0 unspecified atom stereocenters. The van der Waals surface area contributed by atoms with E-state index in [1.807, 2.05) is 32.0 Å². The van der Waals surface area contributed by atoms with E-state index in [1.165, 1.54) is 12.1 Å². The molecule has 29 heavy (non-hydrogen) atoms. The molecule has 0 atom stereocenters. The lowest BCUT2D eigenvalue weighted by Gasteiger charge is -2.10. The molecule has 2 heterocycles. The Labute approximate surface area is 168 Å². The first-order valence-electron chi connectivity index (χ1n) is 8.47. The molecule has 0 saturated heterocycles. The summed E-state index contributed by atoms with van der Waals surface area (Å²) in [5.74, 6) is -0.512. The zero-order valence-corrected chi connectivity index (χ0v) is 16.1. The number of nitrogens with one attached hydrogen (secondary N) is 1. The van der Waals surface area contributed by atoms with Gasteiger partial charge < -0.3 is 9.73 Å². The van der Waals surface area contributed by atoms with E-state index in [2.05, 4.69) is 10.4 Å². The summed E-state index contributed by atoms with van der Waals surface area (Å²) in [5, 5.41) is 5.42. The summed E-state index contributed by atoms with van der Waals surface area (Å²) in [6, 6.07) is 8.27. The van der Waals surface area contributed by atoms with E-state index in [9.17, 15) is 22.4 Å². The molecule has 0 aliphatic heterocycles. The molecule has 1 N–H and O–H groups in total. The number of carbonyl (C=O) groups is 1. The molecule has 0 bridgehead atoms. The fourth-order valence-electron chi connectivity index (χ4n) is 2.86. The van der Waals surface area contributed by atoms with Gasteiger partial charge in [-0.05, 0) is 37.1 Å². The van der Waals surface area contributed by atoms with E-state index in [0.717, 1.165) is 11.1 Å². The van der Waals surface area contributed by atoms with E-state index in [4.69, 9.17) is 16.0 Å². The van der Waals surface area contributed by atoms with Crippen molar-refractivity contribution >= 4 is 23.2 Å². The molecule has 0 saturated carbocycles. The molecule has 2 aromatic heterocycles. The van der Waals surface area contributed by atoms with Crippen LogP contribution in [-0.4, -0.2) is 15.7 Å². The maximum absolute atomic E-state index is 13.2. The van der Waals surface area contributed by atoms with Crippen molar-refractivity contribution in [2.45, 2.75) is 33.2 Å². The fourth-order valence-corrected chi connectivity index (χ4v) is 3.16. The van der Waals surface area contributed by atoms with Gasteiger partial charge in [0.2, 0.25) is 0 Å². The molecule has 1 amide bonds. The van der Waals surface area contributed by atoms with Crippen molar-refractivity contribution in [1.29, 1.82) is 0 Å². The summed E-state index contributed by atoms with van der Waals surface area (Å²) in [7, 11) is 0.